The summed E-state index contributed by atoms with van der Waals surface area (Å²) in [4.78, 5) is 32.8. The molecule has 1 aliphatic rings. The Kier molecular flexibility index (Phi) is 6.82. The number of methoxy groups -OCH3 is 1. The number of amides is 1. The third-order valence-corrected chi connectivity index (χ3v) is 5.50. The van der Waals surface area contributed by atoms with Crippen LogP contribution in [0, 0.1) is 0 Å². The Morgan fingerprint density at radius 3 is 2.91 bits per heavy atom. The molecule has 33 heavy (non-hydrogen) atoms. The first-order valence-electron chi connectivity index (χ1n) is 10.8. The van der Waals surface area contributed by atoms with Gasteiger partial charge >= 0.3 is 5.97 Å². The number of carboxylic acid groups (broad SMARTS) is 1. The van der Waals surface area contributed by atoms with Crippen molar-refractivity contribution in [1.29, 1.82) is 0 Å². The van der Waals surface area contributed by atoms with Crippen LogP contribution in [0.5, 0.6) is 5.88 Å². The van der Waals surface area contributed by atoms with Crippen LogP contribution in [0.2, 0.25) is 0 Å². The standard InChI is InChI=1S/C23H26N6O4/c1-33-20-7-5-16(12-25-20)19(11-21(30)31)28-23(32)17-13-26-29(14-17)10-8-18-6-4-15-3-2-9-24-22(15)27-18/h4-7,12-14,19H,2-3,8-11H2,1H3,(H,24,27)(H,28,32)(H,30,31). The minimum absolute atomic E-state index is 0.272. The SMILES string of the molecule is COc1ccc(C(CC(=O)O)NC(=O)c2cnn(CCc3ccc4c(n3)NCCC4)c2)cn1. The summed E-state index contributed by atoms with van der Waals surface area (Å²) in [5.74, 6) is -0.0697. The lowest BCUT2D eigenvalue weighted by Gasteiger charge is -2.17. The second-order valence-corrected chi connectivity index (χ2v) is 7.84. The number of nitrogens with one attached hydrogen (secondary N) is 2. The number of rotatable bonds is 9. The molecule has 0 bridgehead atoms. The van der Waals surface area contributed by atoms with Crippen LogP contribution in [0.4, 0.5) is 5.82 Å². The fourth-order valence-electron chi connectivity index (χ4n) is 3.73. The van der Waals surface area contributed by atoms with Gasteiger partial charge < -0.3 is 20.5 Å². The molecule has 0 saturated carbocycles. The van der Waals surface area contributed by atoms with E-state index in [4.69, 9.17) is 4.74 Å². The second-order valence-electron chi connectivity index (χ2n) is 7.84. The van der Waals surface area contributed by atoms with Crippen LogP contribution in [0.3, 0.4) is 0 Å². The average Bonchev–Trinajstić information content (AvgIpc) is 3.31. The Labute approximate surface area is 191 Å². The Balaban J connectivity index is 1.39. The van der Waals surface area contributed by atoms with Gasteiger partial charge in [0.1, 0.15) is 5.82 Å². The van der Waals surface area contributed by atoms with Crippen LogP contribution >= 0.6 is 0 Å². The minimum atomic E-state index is -1.03. The maximum Gasteiger partial charge on any atom is 0.305 e. The molecule has 0 saturated heterocycles. The number of pyridine rings is 2. The lowest BCUT2D eigenvalue weighted by molar-refractivity contribution is -0.137. The van der Waals surface area contributed by atoms with E-state index >= 15 is 0 Å². The van der Waals surface area contributed by atoms with Crippen molar-refractivity contribution in [3.8, 4) is 5.88 Å². The molecule has 1 atom stereocenters. The average molecular weight is 450 g/mol. The zero-order chi connectivity index (χ0) is 23.2. The number of anilines is 1. The minimum Gasteiger partial charge on any atom is -0.481 e. The molecule has 3 aromatic rings. The Morgan fingerprint density at radius 2 is 2.15 bits per heavy atom. The molecule has 0 aliphatic carbocycles. The molecule has 0 aromatic carbocycles. The number of hydrogen-bond donors (Lipinski definition) is 3. The number of aliphatic carboxylic acids is 1. The van der Waals surface area contributed by atoms with Crippen molar-refractivity contribution in [2.24, 2.45) is 0 Å². The van der Waals surface area contributed by atoms with Gasteiger partial charge in [-0.25, -0.2) is 9.97 Å². The topological polar surface area (TPSA) is 131 Å². The van der Waals surface area contributed by atoms with Gasteiger partial charge in [-0.05, 0) is 30.0 Å². The summed E-state index contributed by atoms with van der Waals surface area (Å²) in [7, 11) is 1.49. The number of ether oxygens (including phenoxy) is 1. The highest BCUT2D eigenvalue weighted by Gasteiger charge is 2.20. The molecule has 4 rings (SSSR count). The first kappa shape index (κ1) is 22.3. The van der Waals surface area contributed by atoms with Crippen molar-refractivity contribution < 1.29 is 19.4 Å². The molecule has 1 unspecified atom stereocenters. The van der Waals surface area contributed by atoms with Crippen LogP contribution in [0.1, 0.15) is 46.1 Å². The molecule has 3 aromatic heterocycles. The van der Waals surface area contributed by atoms with E-state index in [0.717, 1.165) is 30.9 Å². The van der Waals surface area contributed by atoms with Gasteiger partial charge in [-0.1, -0.05) is 12.1 Å². The Bertz CT molecular complexity index is 1130. The van der Waals surface area contributed by atoms with Gasteiger partial charge in [0.25, 0.3) is 5.91 Å². The van der Waals surface area contributed by atoms with Crippen molar-refractivity contribution in [2.75, 3.05) is 19.0 Å². The zero-order valence-electron chi connectivity index (χ0n) is 18.3. The summed E-state index contributed by atoms with van der Waals surface area (Å²) < 4.78 is 6.72. The van der Waals surface area contributed by atoms with Gasteiger partial charge in [0.2, 0.25) is 5.88 Å². The molecule has 4 heterocycles. The van der Waals surface area contributed by atoms with E-state index in [1.165, 1.54) is 25.1 Å². The smallest absolute Gasteiger partial charge is 0.305 e. The molecule has 10 nitrogen and oxygen atoms in total. The van der Waals surface area contributed by atoms with Gasteiger partial charge in [0.05, 0.1) is 31.3 Å². The van der Waals surface area contributed by atoms with Crippen LogP contribution in [0.25, 0.3) is 0 Å². The lowest BCUT2D eigenvalue weighted by Crippen LogP contribution is -2.30. The van der Waals surface area contributed by atoms with Crippen molar-refractivity contribution in [2.45, 2.75) is 38.3 Å². The van der Waals surface area contributed by atoms with E-state index < -0.39 is 17.9 Å². The molecule has 0 spiro atoms. The first-order chi connectivity index (χ1) is 16.0. The summed E-state index contributed by atoms with van der Waals surface area (Å²) in [5.41, 5.74) is 3.13. The number of aryl methyl sites for hydroxylation is 3. The Morgan fingerprint density at radius 1 is 1.27 bits per heavy atom. The lowest BCUT2D eigenvalue weighted by atomic mass is 10.1. The van der Waals surface area contributed by atoms with E-state index in [0.29, 0.717) is 30.0 Å². The normalized spacial score (nSPS) is 13.5. The van der Waals surface area contributed by atoms with E-state index in [1.54, 1.807) is 23.0 Å². The molecule has 172 valence electrons. The third-order valence-electron chi connectivity index (χ3n) is 5.50. The number of fused-ring (bicyclic) bond motifs is 1. The van der Waals surface area contributed by atoms with E-state index in [-0.39, 0.29) is 6.42 Å². The number of nitrogens with zero attached hydrogens (tertiary/aromatic N) is 4. The molecule has 1 aliphatic heterocycles. The predicted octanol–water partition coefficient (Wildman–Crippen LogP) is 2.23. The van der Waals surface area contributed by atoms with Gasteiger partial charge in [-0.2, -0.15) is 5.10 Å². The number of carbonyl (C=O) groups is 2. The molecular weight excluding hydrogens is 424 g/mol. The van der Waals surface area contributed by atoms with Crippen molar-refractivity contribution in [1.82, 2.24) is 25.1 Å². The Hall–Kier alpha value is -3.95. The summed E-state index contributed by atoms with van der Waals surface area (Å²) in [6.07, 6.45) is 7.19. The van der Waals surface area contributed by atoms with Crippen LogP contribution < -0.4 is 15.4 Å². The van der Waals surface area contributed by atoms with Gasteiger partial charge in [0, 0.05) is 43.7 Å². The van der Waals surface area contributed by atoms with E-state index in [2.05, 4.69) is 31.8 Å². The number of aromatic nitrogens is 4. The maximum atomic E-state index is 12.8. The third kappa shape index (κ3) is 5.65. The van der Waals surface area contributed by atoms with Crippen molar-refractivity contribution in [3.63, 3.8) is 0 Å². The highest BCUT2D eigenvalue weighted by Crippen LogP contribution is 2.21. The molecule has 3 N–H and O–H groups in total. The van der Waals surface area contributed by atoms with Crippen LogP contribution in [0.15, 0.2) is 42.9 Å². The van der Waals surface area contributed by atoms with Gasteiger partial charge in [-0.15, -0.1) is 0 Å². The largest absolute Gasteiger partial charge is 0.481 e. The second kappa shape index (κ2) is 10.1. The summed E-state index contributed by atoms with van der Waals surface area (Å²) in [5, 5.41) is 19.6. The first-order valence-corrected chi connectivity index (χ1v) is 10.8. The molecule has 0 fully saturated rings. The summed E-state index contributed by atoms with van der Waals surface area (Å²) in [6, 6.07) is 6.72. The van der Waals surface area contributed by atoms with Crippen molar-refractivity contribution >= 4 is 17.7 Å². The predicted molar refractivity (Wildman–Crippen MR) is 120 cm³/mol. The monoisotopic (exact) mass is 450 g/mol. The van der Waals surface area contributed by atoms with Crippen LogP contribution in [-0.2, 0) is 24.2 Å². The summed E-state index contributed by atoms with van der Waals surface area (Å²) in [6.45, 7) is 1.51. The van der Waals surface area contributed by atoms with Gasteiger partial charge in [-0.3, -0.25) is 14.3 Å². The molecular formula is C23H26N6O4. The fraction of sp³-hybridized carbons (Fsp3) is 0.348. The fourth-order valence-corrected chi connectivity index (χ4v) is 3.73. The molecule has 0 radical (unpaired) electrons. The van der Waals surface area contributed by atoms with E-state index in [9.17, 15) is 14.7 Å². The molecule has 10 heteroatoms. The molecule has 1 amide bonds. The van der Waals surface area contributed by atoms with Crippen LogP contribution in [-0.4, -0.2) is 50.4 Å². The summed E-state index contributed by atoms with van der Waals surface area (Å²) >= 11 is 0. The number of carboxylic acids is 1. The van der Waals surface area contributed by atoms with Gasteiger partial charge in [0.15, 0.2) is 0 Å². The quantitative estimate of drug-likeness (QED) is 0.452. The number of carbonyl (C=O) groups excluding carboxylic acids is 1. The van der Waals surface area contributed by atoms with E-state index in [1.807, 2.05) is 6.07 Å². The number of hydrogen-bond acceptors (Lipinski definition) is 7. The maximum absolute atomic E-state index is 12.8. The highest BCUT2D eigenvalue weighted by atomic mass is 16.5. The zero-order valence-corrected chi connectivity index (χ0v) is 18.3. The highest BCUT2D eigenvalue weighted by molar-refractivity contribution is 5.94. The van der Waals surface area contributed by atoms with Crippen molar-refractivity contribution in [3.05, 3.63) is 65.2 Å².